The summed E-state index contributed by atoms with van der Waals surface area (Å²) in [5.41, 5.74) is -1.37. The van der Waals surface area contributed by atoms with Crippen molar-refractivity contribution in [3.05, 3.63) is 35.4 Å². The van der Waals surface area contributed by atoms with Crippen LogP contribution in [-0.4, -0.2) is 25.5 Å². The van der Waals surface area contributed by atoms with E-state index in [-0.39, 0.29) is 5.91 Å². The van der Waals surface area contributed by atoms with E-state index in [9.17, 15) is 18.0 Å². The van der Waals surface area contributed by atoms with Crippen molar-refractivity contribution in [1.82, 2.24) is 10.6 Å². The molecule has 1 amide bonds. The molecule has 2 rings (SSSR count). The van der Waals surface area contributed by atoms with Gasteiger partial charge in [-0.15, -0.1) is 0 Å². The van der Waals surface area contributed by atoms with Crippen LogP contribution in [0.4, 0.5) is 13.2 Å². The molecule has 0 spiro atoms. The first-order valence-corrected chi connectivity index (χ1v) is 6.88. The number of halogens is 3. The van der Waals surface area contributed by atoms with Crippen LogP contribution in [0.15, 0.2) is 24.3 Å². The number of amides is 1. The normalized spacial score (nSPS) is 16.4. The van der Waals surface area contributed by atoms with Gasteiger partial charge in [0.2, 0.25) is 5.91 Å². The van der Waals surface area contributed by atoms with Gasteiger partial charge in [-0.2, -0.15) is 13.2 Å². The topological polar surface area (TPSA) is 41.1 Å². The molecule has 0 aliphatic carbocycles. The van der Waals surface area contributed by atoms with Gasteiger partial charge >= 0.3 is 6.18 Å². The van der Waals surface area contributed by atoms with E-state index in [1.165, 1.54) is 6.07 Å². The molecule has 1 fully saturated rings. The molecule has 6 heteroatoms. The quantitative estimate of drug-likeness (QED) is 0.896. The number of hydrogen-bond acceptors (Lipinski definition) is 2. The fraction of sp³-hybridized carbons (Fsp3) is 0.533. The lowest BCUT2D eigenvalue weighted by molar-refractivity contribution is -0.138. The number of carbonyl (C=O) groups is 1. The highest BCUT2D eigenvalue weighted by Crippen LogP contribution is 2.32. The van der Waals surface area contributed by atoms with Gasteiger partial charge in [0.05, 0.1) is 11.0 Å². The summed E-state index contributed by atoms with van der Waals surface area (Å²) in [7, 11) is 0. The lowest BCUT2D eigenvalue weighted by atomic mass is 9.82. The highest BCUT2D eigenvalue weighted by molar-refractivity contribution is 5.87. The molecule has 1 aliphatic rings. The maximum atomic E-state index is 12.8. The van der Waals surface area contributed by atoms with Gasteiger partial charge in [0, 0.05) is 25.6 Å². The predicted molar refractivity (Wildman–Crippen MR) is 73.8 cm³/mol. The molecular weight excluding hydrogens is 281 g/mol. The van der Waals surface area contributed by atoms with Gasteiger partial charge < -0.3 is 10.6 Å². The van der Waals surface area contributed by atoms with Crippen LogP contribution in [0.2, 0.25) is 0 Å². The summed E-state index contributed by atoms with van der Waals surface area (Å²) in [5.74, 6) is 0.153. The minimum atomic E-state index is -4.40. The predicted octanol–water partition coefficient (Wildman–Crippen LogP) is 2.32. The number of hydrogen-bond donors (Lipinski definition) is 2. The van der Waals surface area contributed by atoms with Crippen LogP contribution in [0.1, 0.15) is 25.0 Å². The van der Waals surface area contributed by atoms with Crippen molar-refractivity contribution < 1.29 is 18.0 Å². The van der Waals surface area contributed by atoms with E-state index in [1.54, 1.807) is 19.9 Å². The minimum Gasteiger partial charge on any atom is -0.355 e. The summed E-state index contributed by atoms with van der Waals surface area (Å²) in [5, 5.41) is 5.92. The van der Waals surface area contributed by atoms with E-state index in [0.29, 0.717) is 18.0 Å². The van der Waals surface area contributed by atoms with E-state index in [2.05, 4.69) is 10.6 Å². The molecule has 0 atom stereocenters. The molecule has 0 saturated carbocycles. The molecule has 0 radical (unpaired) electrons. The first kappa shape index (κ1) is 15.8. The van der Waals surface area contributed by atoms with Crippen LogP contribution in [-0.2, 0) is 16.4 Å². The zero-order valence-corrected chi connectivity index (χ0v) is 12.1. The Balaban J connectivity index is 2.11. The highest BCUT2D eigenvalue weighted by atomic mass is 19.4. The smallest absolute Gasteiger partial charge is 0.355 e. The zero-order chi connectivity index (χ0) is 15.7. The monoisotopic (exact) mass is 300 g/mol. The summed E-state index contributed by atoms with van der Waals surface area (Å²) in [6.45, 7) is 5.55. The van der Waals surface area contributed by atoms with Gasteiger partial charge in [0.1, 0.15) is 0 Å². The van der Waals surface area contributed by atoms with Gasteiger partial charge in [-0.1, -0.05) is 18.2 Å². The van der Waals surface area contributed by atoms with Gasteiger partial charge in [-0.3, -0.25) is 4.79 Å². The minimum absolute atomic E-state index is 0.256. The van der Waals surface area contributed by atoms with Crippen molar-refractivity contribution in [3.8, 4) is 0 Å². The number of rotatable bonds is 4. The van der Waals surface area contributed by atoms with E-state index in [0.717, 1.165) is 25.2 Å². The van der Waals surface area contributed by atoms with E-state index < -0.39 is 17.2 Å². The maximum absolute atomic E-state index is 12.8. The molecule has 1 saturated heterocycles. The molecule has 1 aliphatic heterocycles. The summed E-state index contributed by atoms with van der Waals surface area (Å²) in [6, 6.07) is 4.95. The Hall–Kier alpha value is -1.56. The average Bonchev–Trinajstić information content (AvgIpc) is 2.36. The van der Waals surface area contributed by atoms with E-state index in [4.69, 9.17) is 0 Å². The molecule has 3 nitrogen and oxygen atoms in total. The molecule has 1 aromatic rings. The third-order valence-corrected chi connectivity index (χ3v) is 3.90. The first-order valence-electron chi connectivity index (χ1n) is 6.88. The Morgan fingerprint density at radius 2 is 1.90 bits per heavy atom. The molecular formula is C15H19F3N2O. The number of benzene rings is 1. The fourth-order valence-corrected chi connectivity index (χ4v) is 2.17. The van der Waals surface area contributed by atoms with Crippen molar-refractivity contribution in [1.29, 1.82) is 0 Å². The Morgan fingerprint density at radius 3 is 2.43 bits per heavy atom. The van der Waals surface area contributed by atoms with Gasteiger partial charge in [0.15, 0.2) is 0 Å². The number of nitrogens with one attached hydrogen (secondary N) is 2. The standard InChI is InChI=1S/C15H19F3N2O/c1-14(2,13(21)20-9-10-7-19-8-10)11-4-3-5-12(6-11)15(16,17)18/h3-6,10,19H,7-9H2,1-2H3,(H,20,21). The fourth-order valence-electron chi connectivity index (χ4n) is 2.17. The van der Waals surface area contributed by atoms with E-state index in [1.807, 2.05) is 0 Å². The highest BCUT2D eigenvalue weighted by Gasteiger charge is 2.35. The van der Waals surface area contributed by atoms with Crippen LogP contribution in [0.25, 0.3) is 0 Å². The second-order valence-corrected chi connectivity index (χ2v) is 5.94. The molecule has 0 bridgehead atoms. The summed E-state index contributed by atoms with van der Waals surface area (Å²) >= 11 is 0. The van der Waals surface area contributed by atoms with E-state index >= 15 is 0 Å². The Morgan fingerprint density at radius 1 is 1.29 bits per heavy atom. The molecule has 2 N–H and O–H groups in total. The third-order valence-electron chi connectivity index (χ3n) is 3.90. The van der Waals surface area contributed by atoms with Crippen molar-refractivity contribution in [2.75, 3.05) is 19.6 Å². The number of carbonyl (C=O) groups excluding carboxylic acids is 1. The lowest BCUT2D eigenvalue weighted by Gasteiger charge is -2.30. The summed E-state index contributed by atoms with van der Waals surface area (Å²) in [6.07, 6.45) is -4.40. The molecule has 21 heavy (non-hydrogen) atoms. The van der Waals surface area contributed by atoms with Crippen molar-refractivity contribution in [3.63, 3.8) is 0 Å². The Bertz CT molecular complexity index is 522. The Labute approximate surface area is 121 Å². The van der Waals surface area contributed by atoms with Crippen LogP contribution < -0.4 is 10.6 Å². The maximum Gasteiger partial charge on any atom is 0.416 e. The second-order valence-electron chi connectivity index (χ2n) is 5.94. The summed E-state index contributed by atoms with van der Waals surface area (Å²) in [4.78, 5) is 12.3. The van der Waals surface area contributed by atoms with Crippen molar-refractivity contribution in [2.45, 2.75) is 25.4 Å². The second kappa shape index (κ2) is 5.67. The zero-order valence-electron chi connectivity index (χ0n) is 12.1. The molecule has 0 aromatic heterocycles. The van der Waals surface area contributed by atoms with Crippen LogP contribution >= 0.6 is 0 Å². The SMILES string of the molecule is CC(C)(C(=O)NCC1CNC1)c1cccc(C(F)(F)F)c1. The molecule has 0 unspecified atom stereocenters. The van der Waals surface area contributed by atoms with Crippen molar-refractivity contribution in [2.24, 2.45) is 5.92 Å². The van der Waals surface area contributed by atoms with Gasteiger partial charge in [0.25, 0.3) is 0 Å². The molecule has 116 valence electrons. The molecule has 1 heterocycles. The third kappa shape index (κ3) is 3.56. The summed E-state index contributed by atoms with van der Waals surface area (Å²) < 4.78 is 38.3. The first-order chi connectivity index (χ1) is 9.71. The number of alkyl halides is 3. The molecule has 1 aromatic carbocycles. The van der Waals surface area contributed by atoms with Gasteiger partial charge in [-0.25, -0.2) is 0 Å². The van der Waals surface area contributed by atoms with Crippen LogP contribution in [0, 0.1) is 5.92 Å². The largest absolute Gasteiger partial charge is 0.416 e. The Kier molecular flexibility index (Phi) is 4.27. The van der Waals surface area contributed by atoms with Crippen molar-refractivity contribution >= 4 is 5.91 Å². The van der Waals surface area contributed by atoms with Gasteiger partial charge in [-0.05, 0) is 25.5 Å². The lowest BCUT2D eigenvalue weighted by Crippen LogP contribution is -2.50. The average molecular weight is 300 g/mol. The van der Waals surface area contributed by atoms with Crippen LogP contribution in [0.5, 0.6) is 0 Å². The van der Waals surface area contributed by atoms with Crippen LogP contribution in [0.3, 0.4) is 0 Å².